The minimum absolute atomic E-state index is 0.00544. The lowest BCUT2D eigenvalue weighted by Gasteiger charge is -2.11. The Hall–Kier alpha value is -4.53. The summed E-state index contributed by atoms with van der Waals surface area (Å²) in [6.45, 7) is 1.31. The van der Waals surface area contributed by atoms with Gasteiger partial charge in [0.1, 0.15) is 40.2 Å². The Morgan fingerprint density at radius 2 is 1.57 bits per heavy atom. The van der Waals surface area contributed by atoms with Gasteiger partial charge in [0.25, 0.3) is 5.91 Å². The molecule has 0 radical (unpaired) electrons. The molecular weight excluding hydrogens is 457 g/mol. The minimum Gasteiger partial charge on any atom is -0.497 e. The standard InChI is InChI=1S/C26H22FNO7/c1-15-26(35-18-6-4-16(27)5-7-18)25(30)22-9-8-19(13-23(22)34-15)33-14-24(29)28-17-10-20(31-2)12-21(11-17)32-3/h4-13H,14H2,1-3H3,(H,28,29). The number of hydrogen-bond donors (Lipinski definition) is 1. The van der Waals surface area contributed by atoms with Gasteiger partial charge in [-0.15, -0.1) is 0 Å². The van der Waals surface area contributed by atoms with Crippen LogP contribution in [0, 0.1) is 12.7 Å². The molecule has 1 aromatic heterocycles. The summed E-state index contributed by atoms with van der Waals surface area (Å²) in [6.07, 6.45) is 0. The maximum Gasteiger partial charge on any atom is 0.262 e. The van der Waals surface area contributed by atoms with Gasteiger partial charge in [-0.2, -0.15) is 0 Å². The van der Waals surface area contributed by atoms with Crippen LogP contribution < -0.4 is 29.7 Å². The third-order valence-electron chi connectivity index (χ3n) is 5.03. The molecule has 4 rings (SSSR count). The Kier molecular flexibility index (Phi) is 6.86. The summed E-state index contributed by atoms with van der Waals surface area (Å²) >= 11 is 0. The minimum atomic E-state index is -0.413. The number of aryl methyl sites for hydroxylation is 1. The van der Waals surface area contributed by atoms with Crippen molar-refractivity contribution >= 4 is 22.6 Å². The van der Waals surface area contributed by atoms with Crippen LogP contribution in [0.3, 0.4) is 0 Å². The van der Waals surface area contributed by atoms with Crippen molar-refractivity contribution in [2.45, 2.75) is 6.92 Å². The Bertz CT molecular complexity index is 1410. The van der Waals surface area contributed by atoms with E-state index in [4.69, 9.17) is 23.4 Å². The molecule has 0 atom stereocenters. The van der Waals surface area contributed by atoms with Crippen molar-refractivity contribution in [3.63, 3.8) is 0 Å². The first-order valence-corrected chi connectivity index (χ1v) is 10.5. The average Bonchev–Trinajstić information content (AvgIpc) is 2.86. The van der Waals surface area contributed by atoms with E-state index in [1.807, 2.05) is 0 Å². The van der Waals surface area contributed by atoms with Crippen LogP contribution in [0.25, 0.3) is 11.0 Å². The second-order valence-corrected chi connectivity index (χ2v) is 7.47. The molecule has 0 unspecified atom stereocenters. The predicted octanol–water partition coefficient (Wildman–Crippen LogP) is 5.07. The third-order valence-corrected chi connectivity index (χ3v) is 5.03. The zero-order valence-electron chi connectivity index (χ0n) is 19.2. The molecule has 1 amide bonds. The van der Waals surface area contributed by atoms with Gasteiger partial charge in [0, 0.05) is 30.0 Å². The van der Waals surface area contributed by atoms with Crippen molar-refractivity contribution in [2.24, 2.45) is 0 Å². The molecule has 0 aliphatic carbocycles. The molecule has 1 N–H and O–H groups in total. The molecule has 0 spiro atoms. The zero-order chi connectivity index (χ0) is 24.9. The summed E-state index contributed by atoms with van der Waals surface area (Å²) in [5.41, 5.74) is 0.377. The van der Waals surface area contributed by atoms with Crippen LogP contribution in [0.2, 0.25) is 0 Å². The normalized spacial score (nSPS) is 10.6. The molecule has 4 aromatic rings. The summed E-state index contributed by atoms with van der Waals surface area (Å²) in [6, 6.07) is 14.9. The van der Waals surface area contributed by atoms with Crippen molar-refractivity contribution in [3.05, 3.63) is 82.5 Å². The average molecular weight is 479 g/mol. The molecule has 35 heavy (non-hydrogen) atoms. The SMILES string of the molecule is COc1cc(NC(=O)COc2ccc3c(=O)c(Oc4ccc(F)cc4)c(C)oc3c2)cc(OC)c1. The van der Waals surface area contributed by atoms with Crippen LogP contribution in [-0.4, -0.2) is 26.7 Å². The predicted molar refractivity (Wildman–Crippen MR) is 127 cm³/mol. The lowest BCUT2D eigenvalue weighted by molar-refractivity contribution is -0.118. The largest absolute Gasteiger partial charge is 0.497 e. The van der Waals surface area contributed by atoms with E-state index in [-0.39, 0.29) is 34.5 Å². The van der Waals surface area contributed by atoms with Crippen LogP contribution in [-0.2, 0) is 4.79 Å². The van der Waals surface area contributed by atoms with Crippen molar-refractivity contribution in [3.8, 4) is 28.7 Å². The smallest absolute Gasteiger partial charge is 0.262 e. The monoisotopic (exact) mass is 479 g/mol. The van der Waals surface area contributed by atoms with Crippen LogP contribution in [0.1, 0.15) is 5.76 Å². The van der Waals surface area contributed by atoms with E-state index in [9.17, 15) is 14.0 Å². The van der Waals surface area contributed by atoms with Crippen molar-refractivity contribution in [1.29, 1.82) is 0 Å². The van der Waals surface area contributed by atoms with Gasteiger partial charge in [-0.05, 0) is 43.3 Å². The number of carbonyl (C=O) groups excluding carboxylic acids is 1. The van der Waals surface area contributed by atoms with Gasteiger partial charge in [-0.3, -0.25) is 9.59 Å². The Morgan fingerprint density at radius 1 is 0.914 bits per heavy atom. The lowest BCUT2D eigenvalue weighted by Crippen LogP contribution is -2.20. The molecule has 0 fully saturated rings. The number of amides is 1. The number of hydrogen-bond acceptors (Lipinski definition) is 7. The number of benzene rings is 3. The van der Waals surface area contributed by atoms with Gasteiger partial charge in [0.15, 0.2) is 6.61 Å². The third kappa shape index (κ3) is 5.52. The number of halogens is 1. The molecule has 9 heteroatoms. The van der Waals surface area contributed by atoms with Crippen LogP contribution in [0.5, 0.6) is 28.7 Å². The molecule has 0 saturated heterocycles. The van der Waals surface area contributed by atoms with E-state index in [1.165, 1.54) is 50.6 Å². The Morgan fingerprint density at radius 3 is 2.23 bits per heavy atom. The number of fused-ring (bicyclic) bond motifs is 1. The van der Waals surface area contributed by atoms with Gasteiger partial charge in [0.05, 0.1) is 19.6 Å². The first kappa shape index (κ1) is 23.6. The quantitative estimate of drug-likeness (QED) is 0.377. The Labute approximate surface area is 199 Å². The molecule has 0 aliphatic heterocycles. The van der Waals surface area contributed by atoms with Crippen LogP contribution in [0.4, 0.5) is 10.1 Å². The number of ether oxygens (including phenoxy) is 4. The number of rotatable bonds is 8. The van der Waals surface area contributed by atoms with Crippen molar-refractivity contribution in [2.75, 3.05) is 26.1 Å². The molecule has 8 nitrogen and oxygen atoms in total. The highest BCUT2D eigenvalue weighted by Crippen LogP contribution is 2.28. The van der Waals surface area contributed by atoms with E-state index in [1.54, 1.807) is 31.2 Å². The van der Waals surface area contributed by atoms with Crippen LogP contribution in [0.15, 0.2) is 69.9 Å². The maximum absolute atomic E-state index is 13.1. The summed E-state index contributed by atoms with van der Waals surface area (Å²) in [7, 11) is 3.03. The van der Waals surface area contributed by atoms with E-state index < -0.39 is 11.7 Å². The van der Waals surface area contributed by atoms with Gasteiger partial charge in [0.2, 0.25) is 11.2 Å². The lowest BCUT2D eigenvalue weighted by atomic mass is 10.2. The van der Waals surface area contributed by atoms with Gasteiger partial charge in [-0.1, -0.05) is 0 Å². The number of nitrogens with one attached hydrogen (secondary N) is 1. The number of methoxy groups -OCH3 is 2. The van der Waals surface area contributed by atoms with E-state index in [2.05, 4.69) is 5.32 Å². The van der Waals surface area contributed by atoms with E-state index >= 15 is 0 Å². The van der Waals surface area contributed by atoms with Crippen molar-refractivity contribution in [1.82, 2.24) is 0 Å². The van der Waals surface area contributed by atoms with Gasteiger partial charge in [-0.25, -0.2) is 4.39 Å². The summed E-state index contributed by atoms with van der Waals surface area (Å²) in [4.78, 5) is 25.3. The fourth-order valence-electron chi connectivity index (χ4n) is 3.32. The second kappa shape index (κ2) is 10.2. The molecule has 3 aromatic carbocycles. The molecule has 0 bridgehead atoms. The van der Waals surface area contributed by atoms with E-state index in [0.29, 0.717) is 28.7 Å². The fraction of sp³-hybridized carbons (Fsp3) is 0.154. The molecule has 0 saturated carbocycles. The summed E-state index contributed by atoms with van der Waals surface area (Å²) < 4.78 is 40.5. The summed E-state index contributed by atoms with van der Waals surface area (Å²) in [5, 5.41) is 2.99. The second-order valence-electron chi connectivity index (χ2n) is 7.47. The highest BCUT2D eigenvalue weighted by atomic mass is 19.1. The first-order valence-electron chi connectivity index (χ1n) is 10.5. The van der Waals surface area contributed by atoms with Gasteiger partial charge < -0.3 is 28.7 Å². The van der Waals surface area contributed by atoms with Crippen LogP contribution >= 0.6 is 0 Å². The number of carbonyl (C=O) groups is 1. The first-order chi connectivity index (χ1) is 16.9. The maximum atomic E-state index is 13.1. The fourth-order valence-corrected chi connectivity index (χ4v) is 3.32. The van der Waals surface area contributed by atoms with E-state index in [0.717, 1.165) is 0 Å². The topological polar surface area (TPSA) is 96.2 Å². The highest BCUT2D eigenvalue weighted by molar-refractivity contribution is 5.92. The highest BCUT2D eigenvalue weighted by Gasteiger charge is 2.15. The number of anilines is 1. The summed E-state index contributed by atoms with van der Waals surface area (Å²) in [5.74, 6) is 1.14. The zero-order valence-corrected chi connectivity index (χ0v) is 19.2. The molecule has 1 heterocycles. The molecular formula is C26H22FNO7. The van der Waals surface area contributed by atoms with Crippen molar-refractivity contribution < 1.29 is 32.5 Å². The Balaban J connectivity index is 1.47. The molecule has 180 valence electrons. The molecule has 0 aliphatic rings. The van der Waals surface area contributed by atoms with Gasteiger partial charge >= 0.3 is 0 Å².